The van der Waals surface area contributed by atoms with Gasteiger partial charge in [0.25, 0.3) is 0 Å². The van der Waals surface area contributed by atoms with E-state index in [1.165, 1.54) is 12.8 Å². The van der Waals surface area contributed by atoms with Crippen molar-refractivity contribution in [2.75, 3.05) is 20.8 Å². The highest BCUT2D eigenvalue weighted by Crippen LogP contribution is 2.36. The fourth-order valence-electron chi connectivity index (χ4n) is 4.15. The van der Waals surface area contributed by atoms with Gasteiger partial charge in [0.1, 0.15) is 11.4 Å². The number of hydrogen-bond donors (Lipinski definition) is 1. The Bertz CT molecular complexity index is 985. The Kier molecular flexibility index (Phi) is 6.23. The molecule has 0 aliphatic carbocycles. The van der Waals surface area contributed by atoms with Crippen LogP contribution in [-0.2, 0) is 6.54 Å². The first-order valence-electron chi connectivity index (χ1n) is 10.4. The first kappa shape index (κ1) is 20.3. The van der Waals surface area contributed by atoms with Gasteiger partial charge in [-0.25, -0.2) is 0 Å². The number of aromatic hydroxyl groups is 1. The highest BCUT2D eigenvalue weighted by Gasteiger charge is 2.26. The summed E-state index contributed by atoms with van der Waals surface area (Å²) in [6, 6.07) is 15.4. The lowest BCUT2D eigenvalue weighted by Crippen LogP contribution is -2.28. The summed E-state index contributed by atoms with van der Waals surface area (Å²) < 4.78 is 16.5. The number of methoxy groups -OCH3 is 2. The molecule has 1 unspecified atom stereocenters. The quantitative estimate of drug-likeness (QED) is 0.606. The second-order valence-corrected chi connectivity index (χ2v) is 7.69. The van der Waals surface area contributed by atoms with Crippen LogP contribution in [0.4, 0.5) is 0 Å². The van der Waals surface area contributed by atoms with Crippen molar-refractivity contribution in [2.45, 2.75) is 38.3 Å². The van der Waals surface area contributed by atoms with Gasteiger partial charge in [0.05, 0.1) is 20.3 Å². The molecule has 1 aromatic heterocycles. The Morgan fingerprint density at radius 3 is 2.70 bits per heavy atom. The van der Waals surface area contributed by atoms with E-state index < -0.39 is 0 Å². The average Bonchev–Trinajstić information content (AvgIpc) is 3.14. The lowest BCUT2D eigenvalue weighted by molar-refractivity contribution is 0.184. The van der Waals surface area contributed by atoms with Crippen molar-refractivity contribution in [1.29, 1.82) is 0 Å². The number of hydrogen-bond acceptors (Lipinski definition) is 6. The molecule has 0 radical (unpaired) electrons. The van der Waals surface area contributed by atoms with Gasteiger partial charge in [-0.05, 0) is 55.3 Å². The van der Waals surface area contributed by atoms with Crippen molar-refractivity contribution in [2.24, 2.45) is 0 Å². The molecular weight excluding hydrogens is 380 g/mol. The van der Waals surface area contributed by atoms with Crippen LogP contribution in [0, 0.1) is 0 Å². The molecule has 3 aromatic rings. The molecule has 0 saturated carbocycles. The average molecular weight is 408 g/mol. The van der Waals surface area contributed by atoms with Gasteiger partial charge in [-0.3, -0.25) is 4.90 Å². The summed E-state index contributed by atoms with van der Waals surface area (Å²) in [4.78, 5) is 2.44. The molecule has 0 bridgehead atoms. The molecule has 1 atom stereocenters. The van der Waals surface area contributed by atoms with Gasteiger partial charge in [-0.1, -0.05) is 30.1 Å². The Morgan fingerprint density at radius 1 is 1.03 bits per heavy atom. The third kappa shape index (κ3) is 4.44. The van der Waals surface area contributed by atoms with Gasteiger partial charge in [-0.15, -0.1) is 0 Å². The van der Waals surface area contributed by atoms with E-state index >= 15 is 0 Å². The Balaban J connectivity index is 1.59. The van der Waals surface area contributed by atoms with Crippen LogP contribution >= 0.6 is 0 Å². The van der Waals surface area contributed by atoms with E-state index in [1.54, 1.807) is 20.3 Å². The molecule has 1 fully saturated rings. The van der Waals surface area contributed by atoms with Crippen LogP contribution in [0.25, 0.3) is 11.3 Å². The van der Waals surface area contributed by atoms with Gasteiger partial charge >= 0.3 is 0 Å². The van der Waals surface area contributed by atoms with Crippen LogP contribution in [0.15, 0.2) is 53.1 Å². The minimum Gasteiger partial charge on any atom is -0.508 e. The Hall–Kier alpha value is -2.99. The maximum atomic E-state index is 9.83. The third-order valence-corrected chi connectivity index (χ3v) is 5.70. The number of nitrogens with zero attached hydrogens (tertiary/aromatic N) is 2. The van der Waals surface area contributed by atoms with Gasteiger partial charge < -0.3 is 19.1 Å². The normalized spacial score (nSPS) is 17.5. The van der Waals surface area contributed by atoms with Gasteiger partial charge in [0.2, 0.25) is 0 Å². The highest BCUT2D eigenvalue weighted by atomic mass is 16.5. The van der Waals surface area contributed by atoms with Gasteiger partial charge in [0.15, 0.2) is 17.3 Å². The number of benzene rings is 2. The van der Waals surface area contributed by atoms with E-state index in [0.29, 0.717) is 23.0 Å². The second kappa shape index (κ2) is 9.22. The standard InChI is InChI=1S/C24H28N2O4/c1-28-22-11-10-18(14-24(22)29-2)23-15-20(25-30-23)21-9-4-3-5-12-26(21)16-17-7-6-8-19(27)13-17/h6-8,10-11,13-15,21,27H,3-5,9,12,16H2,1-2H3. The lowest BCUT2D eigenvalue weighted by atomic mass is 10.0. The molecule has 2 aromatic carbocycles. The summed E-state index contributed by atoms with van der Waals surface area (Å²) in [5, 5.41) is 14.3. The van der Waals surface area contributed by atoms with Crippen molar-refractivity contribution in [3.63, 3.8) is 0 Å². The molecule has 0 spiro atoms. The largest absolute Gasteiger partial charge is 0.508 e. The summed E-state index contributed by atoms with van der Waals surface area (Å²) in [6.45, 7) is 1.77. The Morgan fingerprint density at radius 2 is 1.90 bits per heavy atom. The molecule has 1 N–H and O–H groups in total. The van der Waals surface area contributed by atoms with Crippen LogP contribution in [0.3, 0.4) is 0 Å². The molecule has 0 amide bonds. The predicted molar refractivity (Wildman–Crippen MR) is 115 cm³/mol. The van der Waals surface area contributed by atoms with Crippen molar-refractivity contribution < 1.29 is 19.1 Å². The third-order valence-electron chi connectivity index (χ3n) is 5.70. The zero-order valence-corrected chi connectivity index (χ0v) is 17.5. The SMILES string of the molecule is COc1ccc(-c2cc(C3CCCCCN3Cc3cccc(O)c3)no2)cc1OC. The fourth-order valence-corrected chi connectivity index (χ4v) is 4.15. The maximum Gasteiger partial charge on any atom is 0.167 e. The molecule has 1 aliphatic heterocycles. The molecule has 4 rings (SSSR count). The van der Waals surface area contributed by atoms with Crippen molar-refractivity contribution in [3.8, 4) is 28.6 Å². The van der Waals surface area contributed by atoms with E-state index in [0.717, 1.165) is 42.8 Å². The minimum absolute atomic E-state index is 0.187. The summed E-state index contributed by atoms with van der Waals surface area (Å²) in [5.74, 6) is 2.36. The van der Waals surface area contributed by atoms with Crippen LogP contribution in [0.5, 0.6) is 17.2 Å². The van der Waals surface area contributed by atoms with Crippen LogP contribution in [0.1, 0.15) is 43.0 Å². The number of phenols is 1. The zero-order chi connectivity index (χ0) is 20.9. The van der Waals surface area contributed by atoms with Gasteiger partial charge in [0, 0.05) is 18.2 Å². The second-order valence-electron chi connectivity index (χ2n) is 7.69. The monoisotopic (exact) mass is 408 g/mol. The van der Waals surface area contributed by atoms with Crippen molar-refractivity contribution in [3.05, 3.63) is 59.8 Å². The fraction of sp³-hybridized carbons (Fsp3) is 0.375. The molecule has 1 saturated heterocycles. The van der Waals surface area contributed by atoms with Crippen LogP contribution < -0.4 is 9.47 Å². The number of phenolic OH excluding ortho intramolecular Hbond substituents is 1. The summed E-state index contributed by atoms with van der Waals surface area (Å²) in [7, 11) is 3.25. The molecule has 158 valence electrons. The van der Waals surface area contributed by atoms with E-state index in [-0.39, 0.29) is 6.04 Å². The van der Waals surface area contributed by atoms with Crippen molar-refractivity contribution in [1.82, 2.24) is 10.1 Å². The summed E-state index contributed by atoms with van der Waals surface area (Å²) in [5.41, 5.74) is 2.95. The molecule has 1 aliphatic rings. The molecule has 2 heterocycles. The van der Waals surface area contributed by atoms with Crippen LogP contribution in [-0.4, -0.2) is 35.9 Å². The maximum absolute atomic E-state index is 9.83. The predicted octanol–water partition coefficient (Wildman–Crippen LogP) is 5.18. The number of rotatable bonds is 6. The molecule has 6 heteroatoms. The number of ether oxygens (including phenoxy) is 2. The smallest absolute Gasteiger partial charge is 0.167 e. The van der Waals surface area contributed by atoms with Gasteiger partial charge in [-0.2, -0.15) is 0 Å². The lowest BCUT2D eigenvalue weighted by Gasteiger charge is -2.28. The molecular formula is C24H28N2O4. The van der Waals surface area contributed by atoms with Crippen molar-refractivity contribution >= 4 is 0 Å². The minimum atomic E-state index is 0.187. The summed E-state index contributed by atoms with van der Waals surface area (Å²) >= 11 is 0. The Labute approximate surface area is 177 Å². The first-order valence-corrected chi connectivity index (χ1v) is 10.4. The molecule has 30 heavy (non-hydrogen) atoms. The van der Waals surface area contributed by atoms with E-state index in [4.69, 9.17) is 14.0 Å². The van der Waals surface area contributed by atoms with E-state index in [2.05, 4.69) is 16.1 Å². The highest BCUT2D eigenvalue weighted by molar-refractivity contribution is 5.62. The topological polar surface area (TPSA) is 68.0 Å². The first-order chi connectivity index (χ1) is 14.7. The van der Waals surface area contributed by atoms with Crippen LogP contribution in [0.2, 0.25) is 0 Å². The summed E-state index contributed by atoms with van der Waals surface area (Å²) in [6.07, 6.45) is 4.58. The number of likely N-dealkylation sites (tertiary alicyclic amines) is 1. The number of aromatic nitrogens is 1. The zero-order valence-electron chi connectivity index (χ0n) is 17.5. The van der Waals surface area contributed by atoms with E-state index in [1.807, 2.05) is 36.4 Å². The molecule has 6 nitrogen and oxygen atoms in total. The van der Waals surface area contributed by atoms with E-state index in [9.17, 15) is 5.11 Å².